The molecule has 0 spiro atoms. The number of hydrogen-bond acceptors (Lipinski definition) is 5. The minimum atomic E-state index is -0.848. The molecular formula is C15H22BNO5. The van der Waals surface area contributed by atoms with Crippen molar-refractivity contribution in [1.82, 2.24) is 0 Å². The van der Waals surface area contributed by atoms with Crippen LogP contribution in [0.1, 0.15) is 38.8 Å². The predicted molar refractivity (Wildman–Crippen MR) is 82.5 cm³/mol. The van der Waals surface area contributed by atoms with E-state index in [4.69, 9.17) is 19.8 Å². The van der Waals surface area contributed by atoms with E-state index in [-0.39, 0.29) is 13.2 Å². The quantitative estimate of drug-likeness (QED) is 0.812. The summed E-state index contributed by atoms with van der Waals surface area (Å²) in [7, 11) is -0.499. The summed E-state index contributed by atoms with van der Waals surface area (Å²) in [6, 6.07) is 5.40. The van der Waals surface area contributed by atoms with E-state index in [0.29, 0.717) is 11.1 Å². The van der Waals surface area contributed by atoms with Crippen molar-refractivity contribution in [3.63, 3.8) is 0 Å². The number of ether oxygens (including phenoxy) is 1. The Balaban J connectivity index is 2.22. The van der Waals surface area contributed by atoms with E-state index in [1.807, 2.05) is 33.8 Å². The van der Waals surface area contributed by atoms with Gasteiger partial charge in [-0.15, -0.1) is 0 Å². The lowest BCUT2D eigenvalue weighted by molar-refractivity contribution is 0.00578. The molecule has 22 heavy (non-hydrogen) atoms. The van der Waals surface area contributed by atoms with Gasteiger partial charge in [-0.2, -0.15) is 0 Å². The lowest BCUT2D eigenvalue weighted by atomic mass is 9.78. The molecule has 0 radical (unpaired) electrons. The number of carbonyl (C=O) groups excluding carboxylic acids is 1. The third-order valence-corrected chi connectivity index (χ3v) is 4.30. The summed E-state index contributed by atoms with van der Waals surface area (Å²) >= 11 is 0. The van der Waals surface area contributed by atoms with Crippen molar-refractivity contribution in [2.24, 2.45) is 5.73 Å². The van der Waals surface area contributed by atoms with Crippen molar-refractivity contribution < 1.29 is 23.9 Å². The number of aliphatic hydroxyl groups is 1. The molecule has 0 aliphatic carbocycles. The minimum absolute atomic E-state index is 0.0227. The molecule has 1 amide bonds. The standard InChI is InChI=1S/C15H22BNO5/c1-14(2)15(3,4)22-16(21-14)12-6-5-10(9-20-13(17)19)11(7-12)8-18/h5-7,18H,8-9H2,1-4H3,(H2,17,19). The number of nitrogens with two attached hydrogens (primary N) is 1. The third-order valence-electron chi connectivity index (χ3n) is 4.30. The number of rotatable bonds is 4. The Labute approximate surface area is 130 Å². The number of amides is 1. The topological polar surface area (TPSA) is 91.0 Å². The summed E-state index contributed by atoms with van der Waals surface area (Å²) < 4.78 is 16.7. The Bertz CT molecular complexity index is 557. The maximum Gasteiger partial charge on any atom is 0.494 e. The van der Waals surface area contributed by atoms with Gasteiger partial charge < -0.3 is 24.9 Å². The molecule has 1 aliphatic rings. The number of benzene rings is 1. The van der Waals surface area contributed by atoms with Gasteiger partial charge in [0.05, 0.1) is 17.8 Å². The molecule has 1 aliphatic heterocycles. The van der Waals surface area contributed by atoms with Crippen LogP contribution in [-0.2, 0) is 27.3 Å². The number of primary amides is 1. The highest BCUT2D eigenvalue weighted by Gasteiger charge is 2.51. The molecule has 0 atom stereocenters. The average molecular weight is 307 g/mol. The van der Waals surface area contributed by atoms with Crippen LogP contribution in [0.3, 0.4) is 0 Å². The van der Waals surface area contributed by atoms with E-state index < -0.39 is 24.4 Å². The van der Waals surface area contributed by atoms with E-state index in [2.05, 4.69) is 0 Å². The van der Waals surface area contributed by atoms with Crippen molar-refractivity contribution in [3.05, 3.63) is 29.3 Å². The van der Waals surface area contributed by atoms with Gasteiger partial charge in [0.1, 0.15) is 6.61 Å². The average Bonchev–Trinajstić information content (AvgIpc) is 2.65. The Kier molecular flexibility index (Phi) is 4.51. The van der Waals surface area contributed by atoms with Crippen molar-refractivity contribution in [2.45, 2.75) is 52.1 Å². The third kappa shape index (κ3) is 3.26. The van der Waals surface area contributed by atoms with Gasteiger partial charge in [0.15, 0.2) is 0 Å². The Morgan fingerprint density at radius 2 is 1.82 bits per heavy atom. The van der Waals surface area contributed by atoms with Gasteiger partial charge in [0.2, 0.25) is 0 Å². The van der Waals surface area contributed by atoms with Gasteiger partial charge in [-0.1, -0.05) is 18.2 Å². The second-order valence-corrected chi connectivity index (χ2v) is 6.38. The fourth-order valence-electron chi connectivity index (χ4n) is 2.21. The van der Waals surface area contributed by atoms with Gasteiger partial charge in [-0.05, 0) is 44.3 Å². The highest BCUT2D eigenvalue weighted by atomic mass is 16.7. The number of aliphatic hydroxyl groups excluding tert-OH is 1. The van der Waals surface area contributed by atoms with Crippen LogP contribution in [0.4, 0.5) is 4.79 Å². The molecule has 0 saturated carbocycles. The zero-order chi connectivity index (χ0) is 16.5. The van der Waals surface area contributed by atoms with E-state index in [1.54, 1.807) is 12.1 Å². The molecule has 7 heteroatoms. The van der Waals surface area contributed by atoms with Crippen LogP contribution >= 0.6 is 0 Å². The molecule has 6 nitrogen and oxygen atoms in total. The van der Waals surface area contributed by atoms with E-state index >= 15 is 0 Å². The Hall–Kier alpha value is -1.57. The molecule has 1 fully saturated rings. The molecule has 1 aromatic rings. The molecule has 120 valence electrons. The van der Waals surface area contributed by atoms with Gasteiger partial charge in [0.25, 0.3) is 0 Å². The van der Waals surface area contributed by atoms with Crippen LogP contribution in [0.25, 0.3) is 0 Å². The van der Waals surface area contributed by atoms with Crippen LogP contribution in [0.15, 0.2) is 18.2 Å². The molecule has 0 aromatic heterocycles. The zero-order valence-corrected chi connectivity index (χ0v) is 13.4. The summed E-state index contributed by atoms with van der Waals surface area (Å²) in [6.45, 7) is 7.77. The van der Waals surface area contributed by atoms with Gasteiger partial charge in [-0.3, -0.25) is 0 Å². The first kappa shape index (κ1) is 16.8. The first-order valence-electron chi connectivity index (χ1n) is 7.17. The van der Waals surface area contributed by atoms with Crippen molar-refractivity contribution in [3.8, 4) is 0 Å². The summed E-state index contributed by atoms with van der Waals surface area (Å²) in [6.07, 6.45) is -0.848. The zero-order valence-electron chi connectivity index (χ0n) is 13.4. The van der Waals surface area contributed by atoms with E-state index in [0.717, 1.165) is 5.46 Å². The lowest BCUT2D eigenvalue weighted by Gasteiger charge is -2.32. The summed E-state index contributed by atoms with van der Waals surface area (Å²) in [4.78, 5) is 10.7. The summed E-state index contributed by atoms with van der Waals surface area (Å²) in [5, 5.41) is 9.50. The molecule has 3 N–H and O–H groups in total. The van der Waals surface area contributed by atoms with Crippen LogP contribution in [0.2, 0.25) is 0 Å². The maximum absolute atomic E-state index is 10.7. The minimum Gasteiger partial charge on any atom is -0.445 e. The van der Waals surface area contributed by atoms with Crippen molar-refractivity contribution >= 4 is 18.7 Å². The second-order valence-electron chi connectivity index (χ2n) is 6.38. The van der Waals surface area contributed by atoms with Crippen LogP contribution in [-0.4, -0.2) is 29.5 Å². The summed E-state index contributed by atoms with van der Waals surface area (Å²) in [5.41, 5.74) is 6.26. The van der Waals surface area contributed by atoms with Crippen LogP contribution in [0, 0.1) is 0 Å². The molecule has 0 bridgehead atoms. The molecule has 1 heterocycles. The molecule has 1 aromatic carbocycles. The maximum atomic E-state index is 10.7. The monoisotopic (exact) mass is 307 g/mol. The van der Waals surface area contributed by atoms with E-state index in [9.17, 15) is 9.90 Å². The number of hydrogen-bond donors (Lipinski definition) is 2. The second kappa shape index (κ2) is 5.91. The van der Waals surface area contributed by atoms with Gasteiger partial charge >= 0.3 is 13.2 Å². The van der Waals surface area contributed by atoms with Gasteiger partial charge in [0, 0.05) is 0 Å². The Morgan fingerprint density at radius 3 is 2.32 bits per heavy atom. The van der Waals surface area contributed by atoms with E-state index in [1.165, 1.54) is 0 Å². The molecule has 1 saturated heterocycles. The van der Waals surface area contributed by atoms with Crippen LogP contribution in [0.5, 0.6) is 0 Å². The first-order chi connectivity index (χ1) is 10.2. The van der Waals surface area contributed by atoms with Crippen molar-refractivity contribution in [1.29, 1.82) is 0 Å². The normalized spacial score (nSPS) is 19.2. The molecule has 2 rings (SSSR count). The van der Waals surface area contributed by atoms with Crippen LogP contribution < -0.4 is 11.2 Å². The molecule has 0 unspecified atom stereocenters. The highest BCUT2D eigenvalue weighted by molar-refractivity contribution is 6.62. The smallest absolute Gasteiger partial charge is 0.445 e. The fraction of sp³-hybridized carbons (Fsp3) is 0.533. The molecular weight excluding hydrogens is 285 g/mol. The Morgan fingerprint density at radius 1 is 1.23 bits per heavy atom. The largest absolute Gasteiger partial charge is 0.494 e. The fourth-order valence-corrected chi connectivity index (χ4v) is 2.21. The predicted octanol–water partition coefficient (Wildman–Crippen LogP) is 1.07. The first-order valence-corrected chi connectivity index (χ1v) is 7.17. The van der Waals surface area contributed by atoms with Gasteiger partial charge in [-0.25, -0.2) is 4.79 Å². The number of carbonyl (C=O) groups is 1. The van der Waals surface area contributed by atoms with Crippen molar-refractivity contribution in [2.75, 3.05) is 0 Å². The SMILES string of the molecule is CC1(C)OB(c2ccc(COC(N)=O)c(CO)c2)OC1(C)C. The lowest BCUT2D eigenvalue weighted by Crippen LogP contribution is -2.41. The summed E-state index contributed by atoms with van der Waals surface area (Å²) in [5.74, 6) is 0. The highest BCUT2D eigenvalue weighted by Crippen LogP contribution is 2.36.